The summed E-state index contributed by atoms with van der Waals surface area (Å²) in [5, 5.41) is 14.2. The van der Waals surface area contributed by atoms with Gasteiger partial charge in [0, 0.05) is 31.6 Å². The van der Waals surface area contributed by atoms with Crippen LogP contribution >= 0.6 is 11.8 Å². The second-order valence-electron chi connectivity index (χ2n) is 6.18. The molecular weight excluding hydrogens is 346 g/mol. The number of thioether (sulfide) groups is 1. The first kappa shape index (κ1) is 16.8. The molecule has 4 aromatic rings. The van der Waals surface area contributed by atoms with Crippen LogP contribution in [0.25, 0.3) is 33.3 Å². The molecule has 134 valence electrons. The molecule has 4 rings (SSSR count). The zero-order valence-corrected chi connectivity index (χ0v) is 15.9. The quantitative estimate of drug-likeness (QED) is 0.528. The van der Waals surface area contributed by atoms with Crippen molar-refractivity contribution < 1.29 is 0 Å². The molecule has 26 heavy (non-hydrogen) atoms. The standard InChI is InChI=1S/C18H21N7S/c1-24-15-7-4-6-12(13(15)10-20-24)17-22-16(19-8-5-9-26-3)14-11-21-25(2)18(14)23-17/h4,6-7,10-11H,5,8-9H2,1-3H3,(H,19,22,23). The van der Waals surface area contributed by atoms with E-state index in [2.05, 4.69) is 27.8 Å². The van der Waals surface area contributed by atoms with Crippen molar-refractivity contribution in [3.63, 3.8) is 0 Å². The van der Waals surface area contributed by atoms with Crippen molar-refractivity contribution in [2.24, 2.45) is 14.1 Å². The second-order valence-corrected chi connectivity index (χ2v) is 7.17. The van der Waals surface area contributed by atoms with Gasteiger partial charge in [0.1, 0.15) is 5.82 Å². The topological polar surface area (TPSA) is 73.5 Å². The number of nitrogens with zero attached hydrogens (tertiary/aromatic N) is 6. The highest BCUT2D eigenvalue weighted by molar-refractivity contribution is 7.98. The summed E-state index contributed by atoms with van der Waals surface area (Å²) in [5.41, 5.74) is 2.86. The molecule has 7 nitrogen and oxygen atoms in total. The van der Waals surface area contributed by atoms with Crippen LogP contribution in [0.4, 0.5) is 5.82 Å². The van der Waals surface area contributed by atoms with Gasteiger partial charge in [0.25, 0.3) is 0 Å². The third kappa shape index (κ3) is 2.90. The molecule has 0 saturated heterocycles. The number of aryl methyl sites for hydroxylation is 2. The Labute approximate surface area is 155 Å². The molecule has 0 aliphatic rings. The van der Waals surface area contributed by atoms with Crippen molar-refractivity contribution in [2.75, 3.05) is 23.9 Å². The molecule has 0 radical (unpaired) electrons. The van der Waals surface area contributed by atoms with Crippen LogP contribution < -0.4 is 5.32 Å². The summed E-state index contributed by atoms with van der Waals surface area (Å²) in [6, 6.07) is 6.11. The van der Waals surface area contributed by atoms with Crippen LogP contribution in [0.3, 0.4) is 0 Å². The van der Waals surface area contributed by atoms with Gasteiger partial charge in [-0.2, -0.15) is 22.0 Å². The maximum atomic E-state index is 4.82. The molecule has 0 aliphatic carbocycles. The monoisotopic (exact) mass is 367 g/mol. The van der Waals surface area contributed by atoms with E-state index in [4.69, 9.17) is 9.97 Å². The molecule has 0 atom stereocenters. The Morgan fingerprint density at radius 2 is 1.85 bits per heavy atom. The number of fused-ring (bicyclic) bond motifs is 2. The van der Waals surface area contributed by atoms with E-state index in [0.29, 0.717) is 5.82 Å². The van der Waals surface area contributed by atoms with Crippen molar-refractivity contribution in [3.05, 3.63) is 30.6 Å². The molecule has 0 unspecified atom stereocenters. The van der Waals surface area contributed by atoms with Crippen molar-refractivity contribution in [2.45, 2.75) is 6.42 Å². The lowest BCUT2D eigenvalue weighted by molar-refractivity contribution is 0.786. The van der Waals surface area contributed by atoms with Gasteiger partial charge in [0.05, 0.1) is 23.3 Å². The largest absolute Gasteiger partial charge is 0.369 e. The van der Waals surface area contributed by atoms with Crippen LogP contribution in [0.2, 0.25) is 0 Å². The molecule has 8 heteroatoms. The van der Waals surface area contributed by atoms with Crippen LogP contribution in [-0.4, -0.2) is 48.1 Å². The number of hydrogen-bond acceptors (Lipinski definition) is 6. The van der Waals surface area contributed by atoms with Crippen molar-refractivity contribution in [1.82, 2.24) is 29.5 Å². The van der Waals surface area contributed by atoms with E-state index in [0.717, 1.165) is 52.0 Å². The number of benzene rings is 1. The van der Waals surface area contributed by atoms with Gasteiger partial charge in [0.2, 0.25) is 0 Å². The highest BCUT2D eigenvalue weighted by Gasteiger charge is 2.15. The van der Waals surface area contributed by atoms with Gasteiger partial charge in [-0.05, 0) is 24.5 Å². The maximum absolute atomic E-state index is 4.82. The molecule has 1 N–H and O–H groups in total. The number of nitrogens with one attached hydrogen (secondary N) is 1. The zero-order valence-electron chi connectivity index (χ0n) is 15.1. The van der Waals surface area contributed by atoms with Crippen LogP contribution in [0.15, 0.2) is 30.6 Å². The van der Waals surface area contributed by atoms with Crippen molar-refractivity contribution >= 4 is 39.5 Å². The highest BCUT2D eigenvalue weighted by Crippen LogP contribution is 2.29. The summed E-state index contributed by atoms with van der Waals surface area (Å²) in [6.07, 6.45) is 6.89. The minimum atomic E-state index is 0.687. The summed E-state index contributed by atoms with van der Waals surface area (Å²) in [6.45, 7) is 0.873. The normalized spacial score (nSPS) is 11.5. The van der Waals surface area contributed by atoms with E-state index < -0.39 is 0 Å². The number of hydrogen-bond donors (Lipinski definition) is 1. The predicted molar refractivity (Wildman–Crippen MR) is 108 cm³/mol. The lowest BCUT2D eigenvalue weighted by Gasteiger charge is -2.09. The summed E-state index contributed by atoms with van der Waals surface area (Å²) in [7, 11) is 3.84. The van der Waals surface area contributed by atoms with Gasteiger partial charge in [0.15, 0.2) is 11.5 Å². The summed E-state index contributed by atoms with van der Waals surface area (Å²) < 4.78 is 3.65. The Bertz CT molecular complexity index is 1070. The van der Waals surface area contributed by atoms with Gasteiger partial charge in [-0.1, -0.05) is 12.1 Å². The predicted octanol–water partition coefficient (Wildman–Crippen LogP) is 3.08. The number of rotatable bonds is 6. The van der Waals surface area contributed by atoms with Gasteiger partial charge >= 0.3 is 0 Å². The highest BCUT2D eigenvalue weighted by atomic mass is 32.2. The summed E-state index contributed by atoms with van der Waals surface area (Å²) >= 11 is 1.85. The first-order chi connectivity index (χ1) is 12.7. The molecule has 0 saturated carbocycles. The van der Waals surface area contributed by atoms with Crippen LogP contribution in [0.1, 0.15) is 6.42 Å². The van der Waals surface area contributed by atoms with E-state index in [9.17, 15) is 0 Å². The van der Waals surface area contributed by atoms with Crippen LogP contribution in [-0.2, 0) is 14.1 Å². The smallest absolute Gasteiger partial charge is 0.164 e. The molecule has 0 bridgehead atoms. The van der Waals surface area contributed by atoms with E-state index in [1.54, 1.807) is 4.68 Å². The van der Waals surface area contributed by atoms with Gasteiger partial charge in [-0.15, -0.1) is 0 Å². The molecule has 1 aromatic carbocycles. The average Bonchev–Trinajstić information content (AvgIpc) is 3.22. The molecule has 0 amide bonds. The molecule has 3 aromatic heterocycles. The Hall–Kier alpha value is -2.61. The Morgan fingerprint density at radius 1 is 1.04 bits per heavy atom. The fourth-order valence-electron chi connectivity index (χ4n) is 3.07. The first-order valence-corrected chi connectivity index (χ1v) is 9.92. The van der Waals surface area contributed by atoms with Gasteiger partial charge in [-0.25, -0.2) is 9.97 Å². The molecule has 0 spiro atoms. The SMILES string of the molecule is CSCCCNc1nc(-c2cccc3c2cnn3C)nc2c1cnn2C. The Balaban J connectivity index is 1.83. The first-order valence-electron chi connectivity index (χ1n) is 8.52. The van der Waals surface area contributed by atoms with Gasteiger partial charge in [-0.3, -0.25) is 9.36 Å². The van der Waals surface area contributed by atoms with E-state index >= 15 is 0 Å². The molecule has 0 fully saturated rings. The van der Waals surface area contributed by atoms with Gasteiger partial charge < -0.3 is 5.32 Å². The Morgan fingerprint density at radius 3 is 2.69 bits per heavy atom. The Kier molecular flexibility index (Phi) is 4.50. The third-order valence-corrected chi connectivity index (χ3v) is 5.14. The minimum Gasteiger partial charge on any atom is -0.369 e. The fourth-order valence-corrected chi connectivity index (χ4v) is 3.51. The second kappa shape index (κ2) is 6.95. The van der Waals surface area contributed by atoms with Crippen molar-refractivity contribution in [3.8, 4) is 11.4 Å². The number of anilines is 1. The molecule has 3 heterocycles. The number of aromatic nitrogens is 6. The average molecular weight is 367 g/mol. The van der Waals surface area contributed by atoms with Crippen molar-refractivity contribution in [1.29, 1.82) is 0 Å². The van der Waals surface area contributed by atoms with Crippen LogP contribution in [0, 0.1) is 0 Å². The van der Waals surface area contributed by atoms with E-state index in [1.807, 2.05) is 55.1 Å². The summed E-state index contributed by atoms with van der Waals surface area (Å²) in [4.78, 5) is 9.60. The zero-order chi connectivity index (χ0) is 18.1. The maximum Gasteiger partial charge on any atom is 0.164 e. The summed E-state index contributed by atoms with van der Waals surface area (Å²) in [5.74, 6) is 2.64. The van der Waals surface area contributed by atoms with Crippen LogP contribution in [0.5, 0.6) is 0 Å². The minimum absolute atomic E-state index is 0.687. The lowest BCUT2D eigenvalue weighted by atomic mass is 10.1. The lowest BCUT2D eigenvalue weighted by Crippen LogP contribution is -2.07. The third-order valence-electron chi connectivity index (χ3n) is 4.44. The van der Waals surface area contributed by atoms with E-state index in [1.165, 1.54) is 0 Å². The molecular formula is C18H21N7S. The molecule has 0 aliphatic heterocycles. The van der Waals surface area contributed by atoms with E-state index in [-0.39, 0.29) is 0 Å². The fraction of sp³-hybridized carbons (Fsp3) is 0.333.